The summed E-state index contributed by atoms with van der Waals surface area (Å²) >= 11 is 0. The van der Waals surface area contributed by atoms with E-state index in [4.69, 9.17) is 9.15 Å². The van der Waals surface area contributed by atoms with Crippen molar-refractivity contribution >= 4 is 10.0 Å². The molecule has 0 radical (unpaired) electrons. The van der Waals surface area contributed by atoms with E-state index in [-0.39, 0.29) is 0 Å². The van der Waals surface area contributed by atoms with Gasteiger partial charge in [-0.15, -0.1) is 0 Å². The fourth-order valence-corrected chi connectivity index (χ4v) is 4.53. The second-order valence-corrected chi connectivity index (χ2v) is 8.65. The van der Waals surface area contributed by atoms with E-state index in [1.165, 1.54) is 4.31 Å². The third kappa shape index (κ3) is 3.81. The third-order valence-electron chi connectivity index (χ3n) is 4.80. The number of hydrogen-bond donors (Lipinski definition) is 0. The van der Waals surface area contributed by atoms with Gasteiger partial charge in [-0.3, -0.25) is 0 Å². The van der Waals surface area contributed by atoms with Crippen molar-refractivity contribution in [3.8, 4) is 17.2 Å². The van der Waals surface area contributed by atoms with Crippen LogP contribution in [-0.2, 0) is 16.4 Å². The van der Waals surface area contributed by atoms with E-state index in [1.807, 2.05) is 37.3 Å². The van der Waals surface area contributed by atoms with E-state index in [0.29, 0.717) is 42.7 Å². The van der Waals surface area contributed by atoms with E-state index in [1.54, 1.807) is 24.3 Å². The first-order valence-electron chi connectivity index (χ1n) is 9.29. The lowest BCUT2D eigenvalue weighted by Crippen LogP contribution is -2.41. The number of benzene rings is 2. The third-order valence-corrected chi connectivity index (χ3v) is 6.71. The lowest BCUT2D eigenvalue weighted by molar-refractivity contribution is 0.309. The summed E-state index contributed by atoms with van der Waals surface area (Å²) in [5.41, 5.74) is 1.80. The maximum absolute atomic E-state index is 12.3. The molecule has 4 rings (SSSR count). The van der Waals surface area contributed by atoms with Crippen molar-refractivity contribution in [1.82, 2.24) is 9.29 Å². The second kappa shape index (κ2) is 7.77. The Morgan fingerprint density at radius 2 is 1.79 bits per heavy atom. The van der Waals surface area contributed by atoms with Crippen molar-refractivity contribution in [2.45, 2.75) is 24.7 Å². The second-order valence-electron chi connectivity index (χ2n) is 6.72. The zero-order valence-electron chi connectivity index (χ0n) is 15.7. The van der Waals surface area contributed by atoms with Crippen LogP contribution in [0.2, 0.25) is 0 Å². The number of hydrogen-bond acceptors (Lipinski definition) is 5. The molecule has 1 aliphatic heterocycles. The van der Waals surface area contributed by atoms with E-state index in [0.717, 1.165) is 23.4 Å². The molecule has 0 bridgehead atoms. The Bertz CT molecular complexity index is 1040. The topological polar surface area (TPSA) is 72.6 Å². The Morgan fingerprint density at radius 1 is 1.07 bits per heavy atom. The summed E-state index contributed by atoms with van der Waals surface area (Å²) in [6.07, 6.45) is 1.53. The molecule has 3 aromatic rings. The summed E-state index contributed by atoms with van der Waals surface area (Å²) in [7, 11) is -3.36. The highest BCUT2D eigenvalue weighted by molar-refractivity contribution is 7.89. The van der Waals surface area contributed by atoms with E-state index in [9.17, 15) is 8.42 Å². The molecule has 0 spiro atoms. The van der Waals surface area contributed by atoms with Gasteiger partial charge in [0.05, 0.1) is 17.2 Å². The quantitative estimate of drug-likeness (QED) is 0.607. The SMILES string of the molecule is Cc1oc(-c2ccccc2)nc1CCOc1ccc(S(=O)(=O)N2CCC2)cc1. The maximum atomic E-state index is 12.3. The maximum Gasteiger partial charge on any atom is 0.243 e. The molecule has 28 heavy (non-hydrogen) atoms. The number of aromatic nitrogens is 1. The van der Waals surface area contributed by atoms with Gasteiger partial charge in [-0.2, -0.15) is 4.31 Å². The highest BCUT2D eigenvalue weighted by Crippen LogP contribution is 2.24. The van der Waals surface area contributed by atoms with Crippen LogP contribution in [0.3, 0.4) is 0 Å². The van der Waals surface area contributed by atoms with Gasteiger partial charge in [-0.1, -0.05) is 18.2 Å². The molecule has 0 saturated carbocycles. The first-order chi connectivity index (χ1) is 13.5. The summed E-state index contributed by atoms with van der Waals surface area (Å²) in [5, 5.41) is 0. The summed E-state index contributed by atoms with van der Waals surface area (Å²) in [6.45, 7) is 3.52. The number of oxazole rings is 1. The summed E-state index contributed by atoms with van der Waals surface area (Å²) in [5.74, 6) is 2.01. The number of aryl methyl sites for hydroxylation is 1. The molecule has 0 amide bonds. The van der Waals surface area contributed by atoms with Gasteiger partial charge < -0.3 is 9.15 Å². The van der Waals surface area contributed by atoms with Gasteiger partial charge >= 0.3 is 0 Å². The van der Waals surface area contributed by atoms with Crippen LogP contribution in [0, 0.1) is 6.92 Å². The minimum atomic E-state index is -3.36. The van der Waals surface area contributed by atoms with Gasteiger partial charge in [0.25, 0.3) is 0 Å². The zero-order valence-corrected chi connectivity index (χ0v) is 16.5. The minimum absolute atomic E-state index is 0.305. The number of sulfonamides is 1. The van der Waals surface area contributed by atoms with Crippen LogP contribution in [0.5, 0.6) is 5.75 Å². The Labute approximate surface area is 164 Å². The first kappa shape index (κ1) is 18.7. The standard InChI is InChI=1S/C21H22N2O4S/c1-16-20(22-21(27-16)17-6-3-2-4-7-17)12-15-26-18-8-10-19(11-9-18)28(24,25)23-13-5-14-23/h2-4,6-11H,5,12-15H2,1H3. The van der Waals surface area contributed by atoms with Gasteiger partial charge in [-0.05, 0) is 49.7 Å². The van der Waals surface area contributed by atoms with Crippen molar-refractivity contribution in [2.24, 2.45) is 0 Å². The smallest absolute Gasteiger partial charge is 0.243 e. The summed E-state index contributed by atoms with van der Waals surface area (Å²) in [6, 6.07) is 16.3. The first-order valence-corrected chi connectivity index (χ1v) is 10.7. The van der Waals surface area contributed by atoms with Crippen molar-refractivity contribution in [1.29, 1.82) is 0 Å². The molecule has 2 heterocycles. The van der Waals surface area contributed by atoms with Crippen LogP contribution in [0.1, 0.15) is 17.9 Å². The highest BCUT2D eigenvalue weighted by Gasteiger charge is 2.29. The van der Waals surface area contributed by atoms with Crippen molar-refractivity contribution in [2.75, 3.05) is 19.7 Å². The summed E-state index contributed by atoms with van der Waals surface area (Å²) in [4.78, 5) is 4.87. The van der Waals surface area contributed by atoms with Crippen LogP contribution < -0.4 is 4.74 Å². The molecule has 0 atom stereocenters. The molecule has 1 aromatic heterocycles. The van der Waals surface area contributed by atoms with Crippen LogP contribution in [0.15, 0.2) is 63.9 Å². The molecule has 0 unspecified atom stereocenters. The van der Waals surface area contributed by atoms with Crippen LogP contribution >= 0.6 is 0 Å². The molecule has 7 heteroatoms. The monoisotopic (exact) mass is 398 g/mol. The molecule has 1 saturated heterocycles. The number of nitrogens with zero attached hydrogens (tertiary/aromatic N) is 2. The van der Waals surface area contributed by atoms with Crippen molar-refractivity contribution < 1.29 is 17.6 Å². The molecule has 146 valence electrons. The number of rotatable bonds is 7. The molecular weight excluding hydrogens is 376 g/mol. The Kier molecular flexibility index (Phi) is 5.19. The lowest BCUT2D eigenvalue weighted by Gasteiger charge is -2.29. The minimum Gasteiger partial charge on any atom is -0.493 e. The van der Waals surface area contributed by atoms with E-state index >= 15 is 0 Å². The highest BCUT2D eigenvalue weighted by atomic mass is 32.2. The molecule has 1 aliphatic rings. The van der Waals surface area contributed by atoms with E-state index < -0.39 is 10.0 Å². The fraction of sp³-hybridized carbons (Fsp3) is 0.286. The van der Waals surface area contributed by atoms with Gasteiger partial charge in [0.15, 0.2) is 0 Å². The Hall–Kier alpha value is -2.64. The fourth-order valence-electron chi connectivity index (χ4n) is 3.01. The molecule has 0 N–H and O–H groups in total. The lowest BCUT2D eigenvalue weighted by atomic mass is 10.2. The Balaban J connectivity index is 1.36. The summed E-state index contributed by atoms with van der Waals surface area (Å²) < 4.78 is 37.7. The van der Waals surface area contributed by atoms with Crippen LogP contribution in [0.4, 0.5) is 0 Å². The van der Waals surface area contributed by atoms with Gasteiger partial charge in [0.1, 0.15) is 11.5 Å². The molecule has 2 aromatic carbocycles. The molecular formula is C21H22N2O4S. The molecule has 1 fully saturated rings. The van der Waals surface area contributed by atoms with Crippen LogP contribution in [-0.4, -0.2) is 37.4 Å². The molecule has 6 nitrogen and oxygen atoms in total. The zero-order chi connectivity index (χ0) is 19.6. The van der Waals surface area contributed by atoms with E-state index in [2.05, 4.69) is 4.98 Å². The van der Waals surface area contributed by atoms with Gasteiger partial charge in [0.2, 0.25) is 15.9 Å². The van der Waals surface area contributed by atoms with Gasteiger partial charge in [0, 0.05) is 25.1 Å². The molecule has 0 aliphatic carbocycles. The predicted molar refractivity (Wildman–Crippen MR) is 106 cm³/mol. The normalized spacial score (nSPS) is 14.6. The Morgan fingerprint density at radius 3 is 2.43 bits per heavy atom. The average Bonchev–Trinajstić information content (AvgIpc) is 3.02. The van der Waals surface area contributed by atoms with Crippen LogP contribution in [0.25, 0.3) is 11.5 Å². The predicted octanol–water partition coefficient (Wildman–Crippen LogP) is 3.67. The largest absolute Gasteiger partial charge is 0.493 e. The van der Waals surface area contributed by atoms with Crippen molar-refractivity contribution in [3.05, 3.63) is 66.1 Å². The number of ether oxygens (including phenoxy) is 1. The van der Waals surface area contributed by atoms with Gasteiger partial charge in [-0.25, -0.2) is 13.4 Å². The van der Waals surface area contributed by atoms with Crippen molar-refractivity contribution in [3.63, 3.8) is 0 Å². The average molecular weight is 398 g/mol.